The molecule has 2 N–H and O–H groups in total. The SMILES string of the molecule is Cc1n[nH]c(=O)c(C(=O)N(CC(=O)O)C2CC2)c1C. The van der Waals surface area contributed by atoms with Gasteiger partial charge < -0.3 is 10.0 Å². The molecule has 0 bridgehead atoms. The van der Waals surface area contributed by atoms with E-state index in [2.05, 4.69) is 10.2 Å². The van der Waals surface area contributed by atoms with Crippen LogP contribution in [-0.2, 0) is 4.79 Å². The maximum absolute atomic E-state index is 12.4. The molecule has 0 aliphatic heterocycles. The number of nitrogens with zero attached hydrogens (tertiary/aromatic N) is 2. The van der Waals surface area contributed by atoms with Gasteiger partial charge in [-0.1, -0.05) is 0 Å². The number of carboxylic acids is 1. The van der Waals surface area contributed by atoms with Crippen molar-refractivity contribution in [1.29, 1.82) is 0 Å². The quantitative estimate of drug-likeness (QED) is 0.802. The van der Waals surface area contributed by atoms with Gasteiger partial charge in [-0.2, -0.15) is 5.10 Å². The second-order valence-electron chi connectivity index (χ2n) is 4.70. The molecule has 102 valence electrons. The summed E-state index contributed by atoms with van der Waals surface area (Å²) in [4.78, 5) is 36.2. The number of hydrogen-bond donors (Lipinski definition) is 2. The van der Waals surface area contributed by atoms with Gasteiger partial charge in [-0.3, -0.25) is 14.4 Å². The number of carbonyl (C=O) groups is 2. The summed E-state index contributed by atoms with van der Waals surface area (Å²) in [6.45, 7) is 2.93. The molecule has 0 spiro atoms. The minimum Gasteiger partial charge on any atom is -0.480 e. The Morgan fingerprint density at radius 1 is 1.42 bits per heavy atom. The van der Waals surface area contributed by atoms with Gasteiger partial charge in [0.2, 0.25) is 0 Å². The predicted molar refractivity (Wildman–Crippen MR) is 66.0 cm³/mol. The molecule has 1 aromatic heterocycles. The molecular weight excluding hydrogens is 250 g/mol. The summed E-state index contributed by atoms with van der Waals surface area (Å²) in [5.74, 6) is -1.62. The first-order chi connectivity index (χ1) is 8.91. The highest BCUT2D eigenvalue weighted by molar-refractivity contribution is 5.97. The van der Waals surface area contributed by atoms with Gasteiger partial charge in [0, 0.05) is 6.04 Å². The second-order valence-corrected chi connectivity index (χ2v) is 4.70. The van der Waals surface area contributed by atoms with E-state index in [-0.39, 0.29) is 18.2 Å². The predicted octanol–water partition coefficient (Wildman–Crippen LogP) is 0.0759. The zero-order chi connectivity index (χ0) is 14.2. The van der Waals surface area contributed by atoms with E-state index in [1.54, 1.807) is 13.8 Å². The summed E-state index contributed by atoms with van der Waals surface area (Å²) in [6, 6.07) is -0.0733. The minimum absolute atomic E-state index is 0.0133. The van der Waals surface area contributed by atoms with Gasteiger partial charge >= 0.3 is 5.97 Å². The number of aliphatic carboxylic acids is 1. The molecule has 1 aromatic rings. The van der Waals surface area contributed by atoms with Crippen LogP contribution in [0.15, 0.2) is 4.79 Å². The van der Waals surface area contributed by atoms with Gasteiger partial charge in [0.05, 0.1) is 5.69 Å². The van der Waals surface area contributed by atoms with Gasteiger partial charge in [-0.05, 0) is 32.3 Å². The van der Waals surface area contributed by atoms with Crippen molar-refractivity contribution in [3.8, 4) is 0 Å². The van der Waals surface area contributed by atoms with Crippen LogP contribution in [0.25, 0.3) is 0 Å². The fraction of sp³-hybridized carbons (Fsp3) is 0.500. The van der Waals surface area contributed by atoms with Gasteiger partial charge in [0.25, 0.3) is 11.5 Å². The Bertz CT molecular complexity index is 589. The molecule has 2 rings (SSSR count). The fourth-order valence-corrected chi connectivity index (χ4v) is 1.93. The summed E-state index contributed by atoms with van der Waals surface area (Å²) < 4.78 is 0. The highest BCUT2D eigenvalue weighted by Gasteiger charge is 2.36. The van der Waals surface area contributed by atoms with Crippen molar-refractivity contribution in [2.24, 2.45) is 0 Å². The zero-order valence-electron chi connectivity index (χ0n) is 10.8. The Labute approximate surface area is 109 Å². The van der Waals surface area contributed by atoms with Crippen LogP contribution in [0.2, 0.25) is 0 Å². The number of hydrogen-bond acceptors (Lipinski definition) is 4. The van der Waals surface area contributed by atoms with Crippen molar-refractivity contribution >= 4 is 11.9 Å². The van der Waals surface area contributed by atoms with Crippen LogP contribution < -0.4 is 5.56 Å². The molecule has 7 nitrogen and oxygen atoms in total. The number of carbonyl (C=O) groups excluding carboxylic acids is 1. The highest BCUT2D eigenvalue weighted by Crippen LogP contribution is 2.28. The van der Waals surface area contributed by atoms with E-state index in [4.69, 9.17) is 5.11 Å². The first kappa shape index (κ1) is 13.3. The normalized spacial score (nSPS) is 14.2. The highest BCUT2D eigenvalue weighted by atomic mass is 16.4. The lowest BCUT2D eigenvalue weighted by Gasteiger charge is -2.20. The van der Waals surface area contributed by atoms with Crippen molar-refractivity contribution in [3.05, 3.63) is 27.2 Å². The van der Waals surface area contributed by atoms with Crippen LogP contribution in [0.4, 0.5) is 0 Å². The number of aryl methyl sites for hydroxylation is 1. The fourth-order valence-electron chi connectivity index (χ4n) is 1.93. The van der Waals surface area contributed by atoms with E-state index in [9.17, 15) is 14.4 Å². The largest absolute Gasteiger partial charge is 0.480 e. The average Bonchev–Trinajstić information content (AvgIpc) is 3.15. The lowest BCUT2D eigenvalue weighted by molar-refractivity contribution is -0.137. The van der Waals surface area contributed by atoms with Gasteiger partial charge in [0.15, 0.2) is 0 Å². The second kappa shape index (κ2) is 4.83. The maximum atomic E-state index is 12.4. The Morgan fingerprint density at radius 2 is 2.05 bits per heavy atom. The molecule has 0 radical (unpaired) electrons. The third-order valence-corrected chi connectivity index (χ3v) is 3.24. The smallest absolute Gasteiger partial charge is 0.323 e. The van der Waals surface area contributed by atoms with E-state index in [0.29, 0.717) is 11.3 Å². The number of rotatable bonds is 4. The summed E-state index contributed by atoms with van der Waals surface area (Å²) >= 11 is 0. The third-order valence-electron chi connectivity index (χ3n) is 3.24. The van der Waals surface area contributed by atoms with E-state index < -0.39 is 17.4 Å². The van der Waals surface area contributed by atoms with Crippen LogP contribution in [0.1, 0.15) is 34.5 Å². The number of H-pyrrole nitrogens is 1. The summed E-state index contributed by atoms with van der Waals surface area (Å²) in [6.07, 6.45) is 1.56. The summed E-state index contributed by atoms with van der Waals surface area (Å²) in [7, 11) is 0. The van der Waals surface area contributed by atoms with Crippen molar-refractivity contribution in [2.75, 3.05) is 6.54 Å². The Hall–Kier alpha value is -2.18. The monoisotopic (exact) mass is 265 g/mol. The van der Waals surface area contributed by atoms with Gasteiger partial charge in [-0.15, -0.1) is 0 Å². The molecule has 7 heteroatoms. The summed E-state index contributed by atoms with van der Waals surface area (Å²) in [5, 5.41) is 14.9. The van der Waals surface area contributed by atoms with Crippen LogP contribution in [0.5, 0.6) is 0 Å². The zero-order valence-corrected chi connectivity index (χ0v) is 10.8. The summed E-state index contributed by atoms with van der Waals surface area (Å²) in [5.41, 5.74) is 0.448. The standard InChI is InChI=1S/C12H15N3O4/c1-6-7(2)13-14-11(18)10(6)12(19)15(5-9(16)17)8-3-4-8/h8H,3-5H2,1-2H3,(H,14,18)(H,16,17). The Balaban J connectivity index is 2.39. The Morgan fingerprint density at radius 3 is 2.58 bits per heavy atom. The van der Waals surface area contributed by atoms with Crippen LogP contribution in [0.3, 0.4) is 0 Å². The molecule has 0 unspecified atom stereocenters. The first-order valence-corrected chi connectivity index (χ1v) is 6.00. The van der Waals surface area contributed by atoms with Crippen molar-refractivity contribution in [1.82, 2.24) is 15.1 Å². The van der Waals surface area contributed by atoms with E-state index >= 15 is 0 Å². The van der Waals surface area contributed by atoms with Gasteiger partial charge in [0.1, 0.15) is 12.1 Å². The topological polar surface area (TPSA) is 103 Å². The number of amides is 1. The molecular formula is C12H15N3O4. The molecule has 1 aliphatic carbocycles. The molecule has 1 fully saturated rings. The van der Waals surface area contributed by atoms with E-state index in [1.807, 2.05) is 0 Å². The number of aromatic amines is 1. The Kier molecular flexibility index (Phi) is 3.37. The van der Waals surface area contributed by atoms with Crippen molar-refractivity contribution in [2.45, 2.75) is 32.7 Å². The van der Waals surface area contributed by atoms with Crippen LogP contribution in [0, 0.1) is 13.8 Å². The van der Waals surface area contributed by atoms with E-state index in [0.717, 1.165) is 12.8 Å². The molecule has 19 heavy (non-hydrogen) atoms. The minimum atomic E-state index is -1.08. The van der Waals surface area contributed by atoms with E-state index in [1.165, 1.54) is 4.90 Å². The van der Waals surface area contributed by atoms with Gasteiger partial charge in [-0.25, -0.2) is 5.10 Å². The lowest BCUT2D eigenvalue weighted by atomic mass is 10.1. The number of nitrogens with one attached hydrogen (secondary N) is 1. The molecule has 1 heterocycles. The molecule has 0 atom stereocenters. The molecule has 1 aliphatic rings. The van der Waals surface area contributed by atoms with Crippen molar-refractivity contribution in [3.63, 3.8) is 0 Å². The molecule has 0 saturated heterocycles. The number of carboxylic acid groups (broad SMARTS) is 1. The number of aromatic nitrogens is 2. The molecule has 1 saturated carbocycles. The van der Waals surface area contributed by atoms with Crippen LogP contribution in [-0.4, -0.2) is 44.7 Å². The average molecular weight is 265 g/mol. The molecule has 1 amide bonds. The maximum Gasteiger partial charge on any atom is 0.323 e. The lowest BCUT2D eigenvalue weighted by Crippen LogP contribution is -2.40. The van der Waals surface area contributed by atoms with Crippen molar-refractivity contribution < 1.29 is 14.7 Å². The third kappa shape index (κ3) is 2.64. The molecule has 0 aromatic carbocycles. The van der Waals surface area contributed by atoms with Crippen LogP contribution >= 0.6 is 0 Å². The first-order valence-electron chi connectivity index (χ1n) is 6.00.